The van der Waals surface area contributed by atoms with Crippen molar-refractivity contribution >= 4 is 45.5 Å². The summed E-state index contributed by atoms with van der Waals surface area (Å²) in [6.07, 6.45) is 2.82. The first kappa shape index (κ1) is 20.3. The van der Waals surface area contributed by atoms with Gasteiger partial charge in [0.1, 0.15) is 10.8 Å². The van der Waals surface area contributed by atoms with E-state index < -0.39 is 5.97 Å². The van der Waals surface area contributed by atoms with Crippen LogP contribution in [0.15, 0.2) is 18.2 Å². The van der Waals surface area contributed by atoms with Crippen LogP contribution in [0.2, 0.25) is 0 Å². The molecule has 0 unspecified atom stereocenters. The number of carbonyl (C=O) groups excluding carboxylic acids is 2. The number of amides is 1. The minimum Gasteiger partial charge on any atom is -0.483 e. The zero-order valence-electron chi connectivity index (χ0n) is 16.0. The number of anilines is 1. The van der Waals surface area contributed by atoms with Crippen LogP contribution in [0.25, 0.3) is 0 Å². The minimum atomic E-state index is -0.394. The maximum atomic E-state index is 12.2. The first-order valence-corrected chi connectivity index (χ1v) is 10.1. The molecule has 2 aromatic rings. The zero-order chi connectivity index (χ0) is 20.3. The highest BCUT2D eigenvalue weighted by atomic mass is 32.1. The molecule has 3 rings (SSSR count). The summed E-state index contributed by atoms with van der Waals surface area (Å²) in [5.74, 6) is -0.104. The maximum absolute atomic E-state index is 12.2. The molecule has 1 aromatic carbocycles. The molecule has 148 valence electrons. The molecule has 1 amide bonds. The van der Waals surface area contributed by atoms with Crippen molar-refractivity contribution in [1.82, 2.24) is 5.32 Å². The fourth-order valence-electron chi connectivity index (χ4n) is 3.11. The van der Waals surface area contributed by atoms with Crippen molar-refractivity contribution in [3.63, 3.8) is 0 Å². The Kier molecular flexibility index (Phi) is 6.31. The molecule has 0 aliphatic heterocycles. The van der Waals surface area contributed by atoms with Gasteiger partial charge in [0.15, 0.2) is 11.7 Å². The monoisotopic (exact) mass is 418 g/mol. The maximum Gasteiger partial charge on any atom is 0.341 e. The van der Waals surface area contributed by atoms with E-state index in [2.05, 4.69) is 10.6 Å². The molecule has 0 radical (unpaired) electrons. The average molecular weight is 419 g/mol. The van der Waals surface area contributed by atoms with Crippen LogP contribution in [-0.2, 0) is 22.4 Å². The molecule has 0 saturated carbocycles. The van der Waals surface area contributed by atoms with E-state index in [4.69, 9.17) is 21.7 Å². The van der Waals surface area contributed by atoms with Crippen molar-refractivity contribution in [2.24, 2.45) is 0 Å². The number of ether oxygens (including phenoxy) is 2. The van der Waals surface area contributed by atoms with Crippen LogP contribution in [0.3, 0.4) is 0 Å². The standard InChI is InChI=1S/C20H22N2O4S2/c1-11-7-8-12(2)14(9-11)26-10-16(23)21-20(27)22-18-17(19(24)25-3)13-5-4-6-15(13)28-18/h7-9H,4-6,10H2,1-3H3,(H2,21,22,23,27). The van der Waals surface area contributed by atoms with Gasteiger partial charge in [0, 0.05) is 4.88 Å². The van der Waals surface area contributed by atoms with Crippen LogP contribution < -0.4 is 15.4 Å². The Morgan fingerprint density at radius 1 is 1.25 bits per heavy atom. The second-order valence-electron chi connectivity index (χ2n) is 6.61. The quantitative estimate of drug-likeness (QED) is 0.571. The second-order valence-corrected chi connectivity index (χ2v) is 8.13. The molecule has 1 aliphatic rings. The first-order valence-electron chi connectivity index (χ1n) is 8.92. The summed E-state index contributed by atoms with van der Waals surface area (Å²) in [6, 6.07) is 5.81. The van der Waals surface area contributed by atoms with Gasteiger partial charge < -0.3 is 14.8 Å². The Hall–Kier alpha value is -2.45. The van der Waals surface area contributed by atoms with Crippen molar-refractivity contribution in [2.75, 3.05) is 19.0 Å². The molecule has 0 bridgehead atoms. The van der Waals surface area contributed by atoms with Crippen LogP contribution in [0.5, 0.6) is 5.75 Å². The molecular formula is C20H22N2O4S2. The fourth-order valence-corrected chi connectivity index (χ4v) is 4.68. The van der Waals surface area contributed by atoms with E-state index >= 15 is 0 Å². The lowest BCUT2D eigenvalue weighted by molar-refractivity contribution is -0.121. The zero-order valence-corrected chi connectivity index (χ0v) is 17.6. The van der Waals surface area contributed by atoms with Crippen LogP contribution in [0.1, 0.15) is 38.3 Å². The third-order valence-corrected chi connectivity index (χ3v) is 5.90. The largest absolute Gasteiger partial charge is 0.483 e. The molecule has 1 aromatic heterocycles. The number of fused-ring (bicyclic) bond motifs is 1. The van der Waals surface area contributed by atoms with Crippen LogP contribution in [0.4, 0.5) is 5.00 Å². The number of benzene rings is 1. The summed E-state index contributed by atoms with van der Waals surface area (Å²) in [5, 5.41) is 6.29. The number of rotatable bonds is 5. The fraction of sp³-hybridized carbons (Fsp3) is 0.350. The highest BCUT2D eigenvalue weighted by molar-refractivity contribution is 7.80. The van der Waals surface area contributed by atoms with Gasteiger partial charge in [-0.1, -0.05) is 12.1 Å². The number of hydrogen-bond acceptors (Lipinski definition) is 6. The topological polar surface area (TPSA) is 76.7 Å². The van der Waals surface area contributed by atoms with Crippen molar-refractivity contribution < 1.29 is 19.1 Å². The molecule has 6 nitrogen and oxygen atoms in total. The number of esters is 1. The Morgan fingerprint density at radius 2 is 2.04 bits per heavy atom. The van der Waals surface area contributed by atoms with Gasteiger partial charge in [-0.15, -0.1) is 11.3 Å². The van der Waals surface area contributed by atoms with E-state index in [-0.39, 0.29) is 17.6 Å². The molecule has 0 fully saturated rings. The molecule has 0 saturated heterocycles. The predicted molar refractivity (Wildman–Crippen MR) is 113 cm³/mol. The summed E-state index contributed by atoms with van der Waals surface area (Å²) in [4.78, 5) is 25.5. The van der Waals surface area contributed by atoms with E-state index in [9.17, 15) is 9.59 Å². The number of thiocarbonyl (C=S) groups is 1. The Bertz CT molecular complexity index is 937. The molecular weight excluding hydrogens is 396 g/mol. The molecule has 1 heterocycles. The van der Waals surface area contributed by atoms with Crippen molar-refractivity contribution in [2.45, 2.75) is 33.1 Å². The number of aryl methyl sites for hydroxylation is 3. The normalized spacial score (nSPS) is 12.2. The lowest BCUT2D eigenvalue weighted by atomic mass is 10.1. The van der Waals surface area contributed by atoms with E-state index in [1.807, 2.05) is 32.0 Å². The number of nitrogens with one attached hydrogen (secondary N) is 2. The Balaban J connectivity index is 1.61. The van der Waals surface area contributed by atoms with Gasteiger partial charge >= 0.3 is 5.97 Å². The van der Waals surface area contributed by atoms with Crippen LogP contribution >= 0.6 is 23.6 Å². The lowest BCUT2D eigenvalue weighted by Gasteiger charge is -2.12. The van der Waals surface area contributed by atoms with E-state index in [0.29, 0.717) is 16.3 Å². The highest BCUT2D eigenvalue weighted by Crippen LogP contribution is 2.39. The SMILES string of the molecule is COC(=O)c1c(NC(=S)NC(=O)COc2cc(C)ccc2C)sc2c1CCC2. The molecule has 0 atom stereocenters. The Morgan fingerprint density at radius 3 is 2.79 bits per heavy atom. The summed E-state index contributed by atoms with van der Waals surface area (Å²) in [5.41, 5.74) is 3.55. The third-order valence-electron chi connectivity index (χ3n) is 4.49. The predicted octanol–water partition coefficient (Wildman–Crippen LogP) is 3.53. The van der Waals surface area contributed by atoms with Gasteiger partial charge in [0.05, 0.1) is 12.7 Å². The van der Waals surface area contributed by atoms with E-state index in [0.717, 1.165) is 40.8 Å². The van der Waals surface area contributed by atoms with E-state index in [1.54, 1.807) is 0 Å². The van der Waals surface area contributed by atoms with Gasteiger partial charge in [-0.2, -0.15) is 0 Å². The number of thiophene rings is 1. The van der Waals surface area contributed by atoms with Crippen molar-refractivity contribution in [1.29, 1.82) is 0 Å². The molecule has 0 spiro atoms. The summed E-state index contributed by atoms with van der Waals surface area (Å²) in [6.45, 7) is 3.73. The summed E-state index contributed by atoms with van der Waals surface area (Å²) in [7, 11) is 1.36. The average Bonchev–Trinajstić information content (AvgIpc) is 3.22. The molecule has 28 heavy (non-hydrogen) atoms. The van der Waals surface area contributed by atoms with Gasteiger partial charge in [-0.25, -0.2) is 4.79 Å². The third kappa shape index (κ3) is 4.51. The Labute approximate surface area is 173 Å². The number of methoxy groups -OCH3 is 1. The van der Waals surface area contributed by atoms with Crippen molar-refractivity contribution in [3.8, 4) is 5.75 Å². The molecule has 8 heteroatoms. The number of carbonyl (C=O) groups is 2. The van der Waals surface area contributed by atoms with Crippen molar-refractivity contribution in [3.05, 3.63) is 45.3 Å². The summed E-state index contributed by atoms with van der Waals surface area (Å²) >= 11 is 6.71. The smallest absolute Gasteiger partial charge is 0.341 e. The molecule has 2 N–H and O–H groups in total. The minimum absolute atomic E-state index is 0.125. The van der Waals surface area contributed by atoms with Crippen LogP contribution in [-0.4, -0.2) is 30.7 Å². The van der Waals surface area contributed by atoms with Crippen LogP contribution in [0, 0.1) is 13.8 Å². The summed E-state index contributed by atoms with van der Waals surface area (Å²) < 4.78 is 10.5. The first-order chi connectivity index (χ1) is 13.4. The molecule has 1 aliphatic carbocycles. The van der Waals surface area contributed by atoms with Gasteiger partial charge in [-0.05, 0) is 68.1 Å². The van der Waals surface area contributed by atoms with E-state index in [1.165, 1.54) is 18.4 Å². The highest BCUT2D eigenvalue weighted by Gasteiger charge is 2.27. The lowest BCUT2D eigenvalue weighted by Crippen LogP contribution is -2.37. The van der Waals surface area contributed by atoms with Gasteiger partial charge in [0.2, 0.25) is 0 Å². The van der Waals surface area contributed by atoms with Gasteiger partial charge in [-0.3, -0.25) is 10.1 Å². The second kappa shape index (κ2) is 8.70. The van der Waals surface area contributed by atoms with Gasteiger partial charge in [0.25, 0.3) is 5.91 Å². The number of hydrogen-bond donors (Lipinski definition) is 2.